The number of pyridine rings is 1. The molecule has 0 atom stereocenters. The molecule has 0 saturated carbocycles. The highest BCUT2D eigenvalue weighted by molar-refractivity contribution is 7.90. The van der Waals surface area contributed by atoms with Gasteiger partial charge in [-0.1, -0.05) is 29.8 Å². The zero-order chi connectivity index (χ0) is 23.3. The smallest absolute Gasteiger partial charge is 0.268 e. The Morgan fingerprint density at radius 1 is 0.971 bits per heavy atom. The van der Waals surface area contributed by atoms with Crippen LogP contribution in [0.4, 0.5) is 5.69 Å². The van der Waals surface area contributed by atoms with Crippen LogP contribution in [0.5, 0.6) is 0 Å². The first-order chi connectivity index (χ1) is 16.5. The molecule has 0 fully saturated rings. The Kier molecular flexibility index (Phi) is 4.77. The zero-order valence-corrected chi connectivity index (χ0v) is 19.4. The van der Waals surface area contributed by atoms with Crippen molar-refractivity contribution in [1.29, 1.82) is 0 Å². The van der Waals surface area contributed by atoms with Crippen molar-refractivity contribution < 1.29 is 12.8 Å². The third-order valence-electron chi connectivity index (χ3n) is 6.20. The Balaban J connectivity index is 1.36. The van der Waals surface area contributed by atoms with Crippen LogP contribution in [0.1, 0.15) is 17.0 Å². The van der Waals surface area contributed by atoms with Crippen molar-refractivity contribution in [3.63, 3.8) is 0 Å². The van der Waals surface area contributed by atoms with Crippen molar-refractivity contribution in [3.8, 4) is 11.6 Å². The Hall–Kier alpha value is -3.91. The van der Waals surface area contributed by atoms with Gasteiger partial charge < -0.3 is 9.32 Å². The van der Waals surface area contributed by atoms with Gasteiger partial charge in [-0.3, -0.25) is 4.98 Å². The third-order valence-corrected chi connectivity index (χ3v) is 7.91. The average molecular weight is 471 g/mol. The number of anilines is 1. The lowest BCUT2D eigenvalue weighted by atomic mass is 10.1. The van der Waals surface area contributed by atoms with E-state index in [1.54, 1.807) is 24.5 Å². The summed E-state index contributed by atoms with van der Waals surface area (Å²) in [5, 5.41) is 0.884. The average Bonchev–Trinajstić information content (AvgIpc) is 3.49. The summed E-state index contributed by atoms with van der Waals surface area (Å²) in [5.41, 5.74) is 4.24. The predicted molar refractivity (Wildman–Crippen MR) is 130 cm³/mol. The van der Waals surface area contributed by atoms with Crippen LogP contribution in [-0.2, 0) is 23.0 Å². The van der Waals surface area contributed by atoms with E-state index in [0.29, 0.717) is 30.1 Å². The van der Waals surface area contributed by atoms with E-state index in [1.165, 1.54) is 3.97 Å². The van der Waals surface area contributed by atoms with Gasteiger partial charge in [0.1, 0.15) is 17.1 Å². The first-order valence-corrected chi connectivity index (χ1v) is 12.5. The van der Waals surface area contributed by atoms with Crippen molar-refractivity contribution in [2.24, 2.45) is 0 Å². The summed E-state index contributed by atoms with van der Waals surface area (Å²) in [6.07, 6.45) is 4.07. The van der Waals surface area contributed by atoms with E-state index < -0.39 is 10.0 Å². The second-order valence-corrected chi connectivity index (χ2v) is 10.2. The predicted octanol–water partition coefficient (Wildman–Crippen LogP) is 4.80. The Bertz CT molecular complexity index is 1600. The van der Waals surface area contributed by atoms with Crippen molar-refractivity contribution in [2.45, 2.75) is 24.8 Å². The highest BCUT2D eigenvalue weighted by atomic mass is 32.2. The first-order valence-electron chi connectivity index (χ1n) is 11.1. The number of rotatable bonds is 4. The minimum absolute atomic E-state index is 0.272. The molecule has 0 saturated heterocycles. The highest BCUT2D eigenvalue weighted by Crippen LogP contribution is 2.34. The molecular formula is C26H22N4O3S. The highest BCUT2D eigenvalue weighted by Gasteiger charge is 2.26. The largest absolute Gasteiger partial charge is 0.439 e. The van der Waals surface area contributed by atoms with Gasteiger partial charge in [-0.15, -0.1) is 0 Å². The van der Waals surface area contributed by atoms with Gasteiger partial charge in [0.25, 0.3) is 10.0 Å². The fourth-order valence-corrected chi connectivity index (χ4v) is 5.79. The van der Waals surface area contributed by atoms with E-state index in [-0.39, 0.29) is 4.90 Å². The summed E-state index contributed by atoms with van der Waals surface area (Å²) < 4.78 is 34.0. The molecule has 0 amide bonds. The maximum atomic E-state index is 13.3. The monoisotopic (exact) mass is 470 g/mol. The summed E-state index contributed by atoms with van der Waals surface area (Å²) in [4.78, 5) is 11.5. The molecule has 34 heavy (non-hydrogen) atoms. The Morgan fingerprint density at radius 3 is 2.62 bits per heavy atom. The number of fused-ring (bicyclic) bond motifs is 2. The van der Waals surface area contributed by atoms with Gasteiger partial charge in [0, 0.05) is 36.4 Å². The standard InChI is InChI=1S/C26H22N4O3S/c1-18-8-10-19(11-9-18)34(31,32)30-16-12-20-23(6-4-7-24(20)30)29-15-13-25-22(17-29)28-26(33-25)21-5-2-3-14-27-21/h2-12,14,16H,13,15,17H2,1H3. The number of oxazole rings is 1. The minimum Gasteiger partial charge on any atom is -0.439 e. The second kappa shape index (κ2) is 7.85. The van der Waals surface area contributed by atoms with Gasteiger partial charge in [-0.05, 0) is 49.4 Å². The van der Waals surface area contributed by atoms with E-state index in [0.717, 1.165) is 34.6 Å². The van der Waals surface area contributed by atoms with Crippen LogP contribution in [0.3, 0.4) is 0 Å². The van der Waals surface area contributed by atoms with E-state index >= 15 is 0 Å². The molecule has 7 nitrogen and oxygen atoms in total. The van der Waals surface area contributed by atoms with Crippen molar-refractivity contribution in [1.82, 2.24) is 13.9 Å². The number of aryl methyl sites for hydroxylation is 1. The molecule has 1 aliphatic heterocycles. The SMILES string of the molecule is Cc1ccc(S(=O)(=O)n2ccc3c(N4CCc5oc(-c6ccccn6)nc5C4)cccc32)cc1. The first kappa shape index (κ1) is 20.7. The fraction of sp³-hybridized carbons (Fsp3) is 0.154. The van der Waals surface area contributed by atoms with Gasteiger partial charge in [0.05, 0.1) is 17.0 Å². The maximum absolute atomic E-state index is 13.3. The molecule has 4 heterocycles. The number of benzene rings is 2. The van der Waals surface area contributed by atoms with Crippen LogP contribution in [-0.4, -0.2) is 28.9 Å². The van der Waals surface area contributed by atoms with Crippen LogP contribution < -0.4 is 4.90 Å². The second-order valence-electron chi connectivity index (χ2n) is 8.42. The lowest BCUT2D eigenvalue weighted by molar-refractivity contribution is 0.498. The molecule has 0 unspecified atom stereocenters. The summed E-state index contributed by atoms with van der Waals surface area (Å²) in [6, 6.07) is 20.2. The van der Waals surface area contributed by atoms with Gasteiger partial charge in [-0.25, -0.2) is 17.4 Å². The number of hydrogen-bond acceptors (Lipinski definition) is 6. The molecule has 8 heteroatoms. The molecule has 170 valence electrons. The molecular weight excluding hydrogens is 448 g/mol. The fourth-order valence-electron chi connectivity index (χ4n) is 4.44. The van der Waals surface area contributed by atoms with Gasteiger partial charge in [0.2, 0.25) is 5.89 Å². The van der Waals surface area contributed by atoms with Crippen LogP contribution in [0.15, 0.2) is 88.4 Å². The molecule has 6 rings (SSSR count). The molecule has 2 aromatic carbocycles. The number of nitrogens with zero attached hydrogens (tertiary/aromatic N) is 4. The molecule has 0 N–H and O–H groups in total. The molecule has 0 radical (unpaired) electrons. The molecule has 1 aliphatic rings. The topological polar surface area (TPSA) is 81.2 Å². The van der Waals surface area contributed by atoms with Gasteiger partial charge in [-0.2, -0.15) is 0 Å². The molecule has 3 aromatic heterocycles. The number of hydrogen-bond donors (Lipinski definition) is 0. The van der Waals surface area contributed by atoms with Crippen LogP contribution in [0.25, 0.3) is 22.5 Å². The van der Waals surface area contributed by atoms with Gasteiger partial charge in [0.15, 0.2) is 0 Å². The summed E-state index contributed by atoms with van der Waals surface area (Å²) in [6.45, 7) is 3.27. The van der Waals surface area contributed by atoms with E-state index in [4.69, 9.17) is 9.40 Å². The zero-order valence-electron chi connectivity index (χ0n) is 18.5. The Labute approximate surface area is 197 Å². The van der Waals surface area contributed by atoms with Crippen molar-refractivity contribution in [3.05, 3.63) is 96.1 Å². The summed E-state index contributed by atoms with van der Waals surface area (Å²) in [7, 11) is -3.70. The normalized spacial score (nSPS) is 13.9. The Morgan fingerprint density at radius 2 is 1.82 bits per heavy atom. The molecule has 5 aromatic rings. The summed E-state index contributed by atoms with van der Waals surface area (Å²) in [5.74, 6) is 1.41. The molecule has 0 spiro atoms. The van der Waals surface area contributed by atoms with E-state index in [2.05, 4.69) is 9.88 Å². The maximum Gasteiger partial charge on any atom is 0.268 e. The van der Waals surface area contributed by atoms with Crippen molar-refractivity contribution >= 4 is 26.6 Å². The van der Waals surface area contributed by atoms with E-state index in [1.807, 2.05) is 61.5 Å². The van der Waals surface area contributed by atoms with Crippen LogP contribution >= 0.6 is 0 Å². The minimum atomic E-state index is -3.70. The molecule has 0 bridgehead atoms. The van der Waals surface area contributed by atoms with Crippen LogP contribution in [0, 0.1) is 6.92 Å². The summed E-state index contributed by atoms with van der Waals surface area (Å²) >= 11 is 0. The third kappa shape index (κ3) is 3.38. The number of aromatic nitrogens is 3. The van der Waals surface area contributed by atoms with Crippen molar-refractivity contribution in [2.75, 3.05) is 11.4 Å². The van der Waals surface area contributed by atoms with Gasteiger partial charge >= 0.3 is 0 Å². The lowest BCUT2D eigenvalue weighted by Gasteiger charge is -2.28. The van der Waals surface area contributed by atoms with E-state index in [9.17, 15) is 8.42 Å². The van der Waals surface area contributed by atoms with Crippen LogP contribution in [0.2, 0.25) is 0 Å². The molecule has 0 aliphatic carbocycles. The quantitative estimate of drug-likeness (QED) is 0.375. The lowest BCUT2D eigenvalue weighted by Crippen LogP contribution is -2.30.